The van der Waals surface area contributed by atoms with Gasteiger partial charge in [-0.25, -0.2) is 9.78 Å². The van der Waals surface area contributed by atoms with Gasteiger partial charge in [0.15, 0.2) is 11.9 Å². The second-order valence-electron chi connectivity index (χ2n) is 7.82. The van der Waals surface area contributed by atoms with Gasteiger partial charge in [0.05, 0.1) is 6.10 Å². The van der Waals surface area contributed by atoms with Gasteiger partial charge >= 0.3 is 0 Å². The van der Waals surface area contributed by atoms with E-state index >= 15 is 0 Å². The van der Waals surface area contributed by atoms with Crippen molar-refractivity contribution in [3.8, 4) is 0 Å². The minimum absolute atomic E-state index is 0.233. The molecule has 5 fully saturated rings. The highest BCUT2D eigenvalue weighted by Crippen LogP contribution is 2.60. The lowest BCUT2D eigenvalue weighted by atomic mass is 9.57. The normalized spacial score (nSPS) is 59.4. The van der Waals surface area contributed by atoms with E-state index in [4.69, 9.17) is 19.2 Å². The molecule has 8 atom stereocenters. The summed E-state index contributed by atoms with van der Waals surface area (Å²) in [4.78, 5) is 11.9. The molecule has 5 aliphatic rings. The maximum atomic E-state index is 6.32. The fourth-order valence-electron chi connectivity index (χ4n) is 5.55. The van der Waals surface area contributed by atoms with E-state index in [1.807, 2.05) is 6.92 Å². The first-order valence-electron chi connectivity index (χ1n) is 8.70. The van der Waals surface area contributed by atoms with Gasteiger partial charge in [-0.1, -0.05) is 20.3 Å². The average molecular weight is 296 g/mol. The first-order chi connectivity index (χ1) is 10.00. The number of ether oxygens (including phenoxy) is 2. The van der Waals surface area contributed by atoms with Crippen LogP contribution in [0.1, 0.15) is 59.8 Å². The molecule has 1 saturated carbocycles. The molecule has 1 aliphatic carbocycles. The molecule has 21 heavy (non-hydrogen) atoms. The van der Waals surface area contributed by atoms with E-state index in [-0.39, 0.29) is 18.0 Å². The molecule has 0 aromatic rings. The van der Waals surface area contributed by atoms with Crippen LogP contribution in [0.25, 0.3) is 0 Å². The van der Waals surface area contributed by atoms with Crippen LogP contribution in [0.5, 0.6) is 0 Å². The van der Waals surface area contributed by atoms with Crippen molar-refractivity contribution in [1.82, 2.24) is 0 Å². The molecule has 0 N–H and O–H groups in total. The molecule has 0 amide bonds. The van der Waals surface area contributed by atoms with Crippen molar-refractivity contribution in [3.63, 3.8) is 0 Å². The van der Waals surface area contributed by atoms with Gasteiger partial charge in [-0.2, -0.15) is 0 Å². The summed E-state index contributed by atoms with van der Waals surface area (Å²) >= 11 is 0. The maximum absolute atomic E-state index is 6.32. The van der Waals surface area contributed by atoms with E-state index in [0.29, 0.717) is 23.7 Å². The predicted molar refractivity (Wildman–Crippen MR) is 77.1 cm³/mol. The third kappa shape index (κ3) is 1.82. The average Bonchev–Trinajstić information content (AvgIpc) is 2.67. The summed E-state index contributed by atoms with van der Waals surface area (Å²) in [6, 6.07) is 0. The smallest absolute Gasteiger partial charge is 0.201 e. The molecule has 5 rings (SSSR count). The van der Waals surface area contributed by atoms with Gasteiger partial charge in [0.25, 0.3) is 0 Å². The maximum Gasteiger partial charge on any atom is 0.201 e. The van der Waals surface area contributed by atoms with Crippen LogP contribution in [-0.4, -0.2) is 23.8 Å². The highest BCUT2D eigenvalue weighted by molar-refractivity contribution is 5.09. The molecule has 4 aliphatic heterocycles. The van der Waals surface area contributed by atoms with Crippen molar-refractivity contribution in [2.75, 3.05) is 0 Å². The minimum Gasteiger partial charge on any atom is -0.346 e. The molecule has 0 radical (unpaired) electrons. The molecule has 4 heterocycles. The Kier molecular flexibility index (Phi) is 3.21. The van der Waals surface area contributed by atoms with Gasteiger partial charge < -0.3 is 9.47 Å². The number of rotatable bonds is 1. The Hall–Kier alpha value is -0.160. The zero-order chi connectivity index (χ0) is 14.8. The van der Waals surface area contributed by atoms with Gasteiger partial charge in [0.1, 0.15) is 0 Å². The quantitative estimate of drug-likeness (QED) is 0.692. The largest absolute Gasteiger partial charge is 0.346 e. The number of hydrogen-bond donors (Lipinski definition) is 0. The molecule has 4 saturated heterocycles. The van der Waals surface area contributed by atoms with Crippen LogP contribution in [0.3, 0.4) is 0 Å². The highest BCUT2D eigenvalue weighted by Gasteiger charge is 2.69. The van der Waals surface area contributed by atoms with E-state index in [9.17, 15) is 0 Å². The Balaban J connectivity index is 1.81. The van der Waals surface area contributed by atoms with Crippen LogP contribution in [0.4, 0.5) is 0 Å². The summed E-state index contributed by atoms with van der Waals surface area (Å²) in [5, 5.41) is 0. The summed E-state index contributed by atoms with van der Waals surface area (Å²) in [5.74, 6) is 1.50. The Bertz CT molecular complexity index is 427. The molecule has 0 aromatic carbocycles. The van der Waals surface area contributed by atoms with Gasteiger partial charge in [-0.15, -0.1) is 0 Å². The topological polar surface area (TPSA) is 36.9 Å². The SMILES string of the molecule is CC[C@H]1[C@@H](C)O[C@@H]2O[C@]3(C)CC[C@H]4[C@H](C)CC[C@@H]1[C@@]24OO3. The molecule has 120 valence electrons. The lowest BCUT2D eigenvalue weighted by Crippen LogP contribution is -2.70. The van der Waals surface area contributed by atoms with Crippen molar-refractivity contribution < 1.29 is 19.2 Å². The van der Waals surface area contributed by atoms with Crippen molar-refractivity contribution in [2.24, 2.45) is 23.7 Å². The summed E-state index contributed by atoms with van der Waals surface area (Å²) in [6.45, 7) is 8.80. The van der Waals surface area contributed by atoms with Crippen LogP contribution < -0.4 is 0 Å². The molecule has 0 aromatic heterocycles. The molecule has 1 spiro atoms. The zero-order valence-electron chi connectivity index (χ0n) is 13.6. The number of fused-ring (bicyclic) bond motifs is 2. The van der Waals surface area contributed by atoms with E-state index in [0.717, 1.165) is 19.3 Å². The van der Waals surface area contributed by atoms with Gasteiger partial charge in [-0.3, -0.25) is 0 Å². The molecular formula is C17H28O4. The van der Waals surface area contributed by atoms with E-state index in [1.54, 1.807) is 0 Å². The van der Waals surface area contributed by atoms with E-state index < -0.39 is 5.79 Å². The first-order valence-corrected chi connectivity index (χ1v) is 8.70. The van der Waals surface area contributed by atoms with Crippen LogP contribution >= 0.6 is 0 Å². The highest BCUT2D eigenvalue weighted by atomic mass is 17.3. The number of hydrogen-bond acceptors (Lipinski definition) is 4. The summed E-state index contributed by atoms with van der Waals surface area (Å²) < 4.78 is 12.6. The fraction of sp³-hybridized carbons (Fsp3) is 1.00. The van der Waals surface area contributed by atoms with Crippen molar-refractivity contribution in [2.45, 2.75) is 83.6 Å². The van der Waals surface area contributed by atoms with Crippen molar-refractivity contribution in [3.05, 3.63) is 0 Å². The third-order valence-corrected chi connectivity index (χ3v) is 6.70. The van der Waals surface area contributed by atoms with Gasteiger partial charge in [0, 0.05) is 12.3 Å². The fourth-order valence-corrected chi connectivity index (χ4v) is 5.55. The summed E-state index contributed by atoms with van der Waals surface area (Å²) in [7, 11) is 0. The Morgan fingerprint density at radius 3 is 2.62 bits per heavy atom. The molecule has 4 nitrogen and oxygen atoms in total. The van der Waals surface area contributed by atoms with Crippen LogP contribution in [0.2, 0.25) is 0 Å². The van der Waals surface area contributed by atoms with Crippen molar-refractivity contribution in [1.29, 1.82) is 0 Å². The summed E-state index contributed by atoms with van der Waals surface area (Å²) in [5.41, 5.74) is -0.388. The Morgan fingerprint density at radius 1 is 1.05 bits per heavy atom. The van der Waals surface area contributed by atoms with E-state index in [1.165, 1.54) is 12.8 Å². The van der Waals surface area contributed by atoms with Crippen LogP contribution in [0.15, 0.2) is 0 Å². The Morgan fingerprint density at radius 2 is 1.86 bits per heavy atom. The minimum atomic E-state index is -0.643. The monoisotopic (exact) mass is 296 g/mol. The van der Waals surface area contributed by atoms with Gasteiger partial charge in [-0.05, 0) is 50.9 Å². The molecule has 0 unspecified atom stereocenters. The molecular weight excluding hydrogens is 268 g/mol. The lowest BCUT2D eigenvalue weighted by molar-refractivity contribution is -0.571. The third-order valence-electron chi connectivity index (χ3n) is 6.70. The summed E-state index contributed by atoms with van der Waals surface area (Å²) in [6.07, 6.45) is 5.57. The second-order valence-corrected chi connectivity index (χ2v) is 7.82. The molecule has 2 bridgehead atoms. The first kappa shape index (κ1) is 14.4. The Labute approximate surface area is 127 Å². The van der Waals surface area contributed by atoms with Crippen LogP contribution in [0, 0.1) is 23.7 Å². The lowest BCUT2D eigenvalue weighted by Gasteiger charge is -2.60. The van der Waals surface area contributed by atoms with E-state index in [2.05, 4.69) is 20.8 Å². The predicted octanol–water partition coefficient (Wildman–Crippen LogP) is 3.65. The van der Waals surface area contributed by atoms with Crippen LogP contribution in [-0.2, 0) is 19.2 Å². The van der Waals surface area contributed by atoms with Crippen molar-refractivity contribution >= 4 is 0 Å². The zero-order valence-corrected chi connectivity index (χ0v) is 13.6. The molecule has 4 heteroatoms. The second kappa shape index (κ2) is 4.67. The standard InChI is InChI=1S/C17H28O4/c1-5-12-11(3)18-15-17-13(10(2)6-7-14(12)17)8-9-16(4,19-15)20-21-17/h10-15H,5-9H2,1-4H3/t10-,11-,12+,13+,14+,15-,16+,17-/m1/s1. The van der Waals surface area contributed by atoms with Gasteiger partial charge in [0.2, 0.25) is 5.79 Å².